The molecule has 8 heteroatoms. The fourth-order valence-corrected chi connectivity index (χ4v) is 1.40. The third kappa shape index (κ3) is 4.38. The summed E-state index contributed by atoms with van der Waals surface area (Å²) in [5, 5.41) is 30.0. The van der Waals surface area contributed by atoms with Crippen LogP contribution in [0, 0.1) is 26.9 Å². The normalized spacial score (nSPS) is 12.3. The number of nitrogens with zero attached hydrogens (tertiary/aromatic N) is 3. The van der Waals surface area contributed by atoms with E-state index in [0.717, 1.165) is 5.56 Å². The van der Waals surface area contributed by atoms with E-state index in [4.69, 9.17) is 16.4 Å². The molecule has 1 unspecified atom stereocenters. The van der Waals surface area contributed by atoms with Crippen molar-refractivity contribution in [3.8, 4) is 6.07 Å². The minimum absolute atomic E-state index is 0.212. The monoisotopic (exact) mass is 274 g/mol. The quantitative estimate of drug-likeness (QED) is 0.308. The molecule has 0 saturated carbocycles. The first-order chi connectivity index (χ1) is 9.43. The van der Waals surface area contributed by atoms with Crippen molar-refractivity contribution in [2.75, 3.05) is 5.43 Å². The van der Waals surface area contributed by atoms with Crippen molar-refractivity contribution < 1.29 is 4.92 Å². The molecule has 0 aliphatic carbocycles. The van der Waals surface area contributed by atoms with Gasteiger partial charge in [-0.3, -0.25) is 20.9 Å². The maximum atomic E-state index is 10.6. The number of hydrogen-bond acceptors (Lipinski definition) is 6. The number of hydrazone groups is 1. The summed E-state index contributed by atoms with van der Waals surface area (Å²) in [6, 6.07) is 7.87. The molecule has 4 N–H and O–H groups in total. The Balaban J connectivity index is 2.70. The highest BCUT2D eigenvalue weighted by molar-refractivity contribution is 6.45. The van der Waals surface area contributed by atoms with E-state index in [1.165, 1.54) is 0 Å². The highest BCUT2D eigenvalue weighted by Gasteiger charge is 2.13. The van der Waals surface area contributed by atoms with E-state index in [1.807, 2.05) is 0 Å². The topological polar surface area (TPSA) is 141 Å². The maximum Gasteiger partial charge on any atom is 0.214 e. The summed E-state index contributed by atoms with van der Waals surface area (Å²) < 4.78 is 0. The summed E-state index contributed by atoms with van der Waals surface area (Å²) in [4.78, 5) is 10.2. The Morgan fingerprint density at radius 3 is 2.65 bits per heavy atom. The summed E-state index contributed by atoms with van der Waals surface area (Å²) in [6.45, 7) is 1.54. The summed E-state index contributed by atoms with van der Waals surface area (Å²) in [6.07, 6.45) is 0.341. The molecule has 104 valence electrons. The minimum Gasteiger partial charge on any atom is -0.382 e. The maximum absolute atomic E-state index is 10.6. The molecule has 0 fully saturated rings. The lowest BCUT2D eigenvalue weighted by Crippen LogP contribution is -2.21. The molecule has 0 bridgehead atoms. The van der Waals surface area contributed by atoms with Gasteiger partial charge in [0.2, 0.25) is 11.8 Å². The zero-order valence-electron chi connectivity index (χ0n) is 10.8. The second-order valence-electron chi connectivity index (χ2n) is 4.13. The van der Waals surface area contributed by atoms with Crippen molar-refractivity contribution >= 4 is 17.2 Å². The highest BCUT2D eigenvalue weighted by Crippen LogP contribution is 2.12. The number of hydrogen-bond donors (Lipinski definition) is 3. The van der Waals surface area contributed by atoms with Crippen molar-refractivity contribution in [2.45, 2.75) is 19.4 Å². The standard InChI is InChI=1S/C12H14N6O2/c1-8(18(19)20)6-9-2-4-10(5-3-9)16-17-11(7-13)12(14)15/h2-5,8,16H,6H2,1H3,(H3,14,15)/b17-11+. The van der Waals surface area contributed by atoms with Crippen LogP contribution in [0.4, 0.5) is 5.69 Å². The molecular formula is C12H14N6O2. The van der Waals surface area contributed by atoms with Gasteiger partial charge in [-0.25, -0.2) is 0 Å². The molecule has 0 amide bonds. The molecule has 1 atom stereocenters. The summed E-state index contributed by atoms with van der Waals surface area (Å²) in [5.74, 6) is -0.420. The van der Waals surface area contributed by atoms with E-state index in [-0.39, 0.29) is 10.6 Å². The SMILES string of the molecule is CC(Cc1ccc(N/N=C(\C#N)C(=N)N)cc1)[N+](=O)[O-]. The number of nitrogens with two attached hydrogens (primary N) is 1. The minimum atomic E-state index is -0.644. The molecule has 0 aliphatic heterocycles. The Morgan fingerprint density at radius 2 is 2.20 bits per heavy atom. The van der Waals surface area contributed by atoms with Gasteiger partial charge in [-0.15, -0.1) is 0 Å². The number of anilines is 1. The lowest BCUT2D eigenvalue weighted by molar-refractivity contribution is -0.517. The van der Waals surface area contributed by atoms with Gasteiger partial charge in [-0.05, 0) is 17.7 Å². The molecule has 1 aromatic rings. The number of nitriles is 1. The van der Waals surface area contributed by atoms with Gasteiger partial charge >= 0.3 is 0 Å². The van der Waals surface area contributed by atoms with Gasteiger partial charge in [0.15, 0.2) is 5.84 Å². The molecule has 0 aliphatic rings. The molecule has 0 spiro atoms. The highest BCUT2D eigenvalue weighted by atomic mass is 16.6. The van der Waals surface area contributed by atoms with Crippen molar-refractivity contribution in [3.05, 3.63) is 39.9 Å². The number of amidine groups is 1. The number of nitro groups is 1. The van der Waals surface area contributed by atoms with Crippen molar-refractivity contribution in [1.82, 2.24) is 0 Å². The van der Waals surface area contributed by atoms with Gasteiger partial charge < -0.3 is 5.73 Å². The molecule has 0 aromatic heterocycles. The average molecular weight is 274 g/mol. The van der Waals surface area contributed by atoms with Crippen LogP contribution in [0.25, 0.3) is 0 Å². The van der Waals surface area contributed by atoms with Crippen LogP contribution in [0.3, 0.4) is 0 Å². The van der Waals surface area contributed by atoms with Gasteiger partial charge in [0, 0.05) is 18.3 Å². The van der Waals surface area contributed by atoms with E-state index in [9.17, 15) is 10.1 Å². The Hall–Kier alpha value is -2.95. The lowest BCUT2D eigenvalue weighted by atomic mass is 10.1. The second-order valence-corrected chi connectivity index (χ2v) is 4.13. The van der Waals surface area contributed by atoms with Crippen LogP contribution in [-0.2, 0) is 6.42 Å². The molecule has 8 nitrogen and oxygen atoms in total. The Bertz CT molecular complexity index is 573. The van der Waals surface area contributed by atoms with E-state index >= 15 is 0 Å². The third-order valence-electron chi connectivity index (χ3n) is 2.50. The fourth-order valence-electron chi connectivity index (χ4n) is 1.40. The van der Waals surface area contributed by atoms with Crippen LogP contribution in [0.5, 0.6) is 0 Å². The van der Waals surface area contributed by atoms with Crippen LogP contribution in [0.2, 0.25) is 0 Å². The van der Waals surface area contributed by atoms with E-state index in [2.05, 4.69) is 10.5 Å². The van der Waals surface area contributed by atoms with Crippen molar-refractivity contribution in [3.63, 3.8) is 0 Å². The zero-order chi connectivity index (χ0) is 15.1. The number of rotatable bonds is 6. The van der Waals surface area contributed by atoms with Gasteiger partial charge in [0.1, 0.15) is 6.07 Å². The third-order valence-corrected chi connectivity index (χ3v) is 2.50. The molecule has 0 radical (unpaired) electrons. The first-order valence-electron chi connectivity index (χ1n) is 5.74. The van der Waals surface area contributed by atoms with Gasteiger partial charge in [-0.2, -0.15) is 10.4 Å². The molecule has 0 saturated heterocycles. The smallest absolute Gasteiger partial charge is 0.214 e. The fraction of sp³-hybridized carbons (Fsp3) is 0.250. The van der Waals surface area contributed by atoms with Crippen molar-refractivity contribution in [1.29, 1.82) is 10.7 Å². The first kappa shape index (κ1) is 15.1. The van der Waals surface area contributed by atoms with Gasteiger partial charge in [-0.1, -0.05) is 12.1 Å². The predicted octanol–water partition coefficient (Wildman–Crippen LogP) is 1.12. The molecule has 20 heavy (non-hydrogen) atoms. The average Bonchev–Trinajstić information content (AvgIpc) is 2.40. The largest absolute Gasteiger partial charge is 0.382 e. The lowest BCUT2D eigenvalue weighted by Gasteiger charge is -2.05. The summed E-state index contributed by atoms with van der Waals surface area (Å²) in [5.41, 5.74) is 8.95. The number of benzene rings is 1. The van der Waals surface area contributed by atoms with Crippen molar-refractivity contribution in [2.24, 2.45) is 10.8 Å². The first-order valence-corrected chi connectivity index (χ1v) is 5.74. The predicted molar refractivity (Wildman–Crippen MR) is 75.2 cm³/mol. The van der Waals surface area contributed by atoms with Crippen LogP contribution in [-0.4, -0.2) is 22.5 Å². The van der Waals surface area contributed by atoms with E-state index in [1.54, 1.807) is 37.3 Å². The van der Waals surface area contributed by atoms with Crippen LogP contribution >= 0.6 is 0 Å². The van der Waals surface area contributed by atoms with Crippen LogP contribution in [0.15, 0.2) is 29.4 Å². The second kappa shape index (κ2) is 6.84. The zero-order valence-corrected chi connectivity index (χ0v) is 10.8. The van der Waals surface area contributed by atoms with E-state index < -0.39 is 11.9 Å². The molecule has 1 aromatic carbocycles. The molecule has 1 rings (SSSR count). The van der Waals surface area contributed by atoms with Crippen LogP contribution < -0.4 is 11.2 Å². The van der Waals surface area contributed by atoms with E-state index in [0.29, 0.717) is 12.1 Å². The van der Waals surface area contributed by atoms with Gasteiger partial charge in [0.05, 0.1) is 5.69 Å². The Labute approximate surface area is 115 Å². The Morgan fingerprint density at radius 1 is 1.60 bits per heavy atom. The van der Waals surface area contributed by atoms with Gasteiger partial charge in [0.25, 0.3) is 0 Å². The Kier molecular flexibility index (Phi) is 5.17. The summed E-state index contributed by atoms with van der Waals surface area (Å²) in [7, 11) is 0. The molecule has 0 heterocycles. The van der Waals surface area contributed by atoms with Crippen LogP contribution in [0.1, 0.15) is 12.5 Å². The number of nitrogens with one attached hydrogen (secondary N) is 2. The summed E-state index contributed by atoms with van der Waals surface area (Å²) >= 11 is 0. The molecular weight excluding hydrogens is 260 g/mol.